The van der Waals surface area contributed by atoms with Crippen molar-refractivity contribution in [2.45, 2.75) is 30.8 Å². The fraction of sp³-hybridized carbons (Fsp3) is 0.333. The van der Waals surface area contributed by atoms with Crippen LogP contribution in [-0.2, 0) is 7.05 Å². The molecule has 1 fully saturated rings. The second-order valence-corrected chi connectivity index (χ2v) is 6.87. The summed E-state index contributed by atoms with van der Waals surface area (Å²) in [6.07, 6.45) is 6.73. The number of benzene rings is 1. The molecule has 1 amide bonds. The van der Waals surface area contributed by atoms with Crippen molar-refractivity contribution in [2.75, 3.05) is 11.1 Å². The zero-order chi connectivity index (χ0) is 19.1. The SMILES string of the molecule is C#CC1(O)CCC(c2nn(C)c(N)c2C(=O)Nc2ccc(F)c(Cl)c2)C1. The first-order chi connectivity index (χ1) is 12.2. The number of hydrogen-bond acceptors (Lipinski definition) is 4. The Labute approximate surface area is 155 Å². The molecule has 2 unspecified atom stereocenters. The van der Waals surface area contributed by atoms with E-state index < -0.39 is 17.3 Å². The Balaban J connectivity index is 1.91. The van der Waals surface area contributed by atoms with Crippen LogP contribution in [0.3, 0.4) is 0 Å². The fourth-order valence-electron chi connectivity index (χ4n) is 3.23. The molecule has 1 aromatic heterocycles. The predicted octanol–water partition coefficient (Wildman–Crippen LogP) is 2.68. The molecule has 26 heavy (non-hydrogen) atoms. The second-order valence-electron chi connectivity index (χ2n) is 6.47. The number of anilines is 2. The molecule has 1 saturated carbocycles. The van der Waals surface area contributed by atoms with E-state index in [-0.39, 0.29) is 22.3 Å². The van der Waals surface area contributed by atoms with Crippen LogP contribution in [0.5, 0.6) is 0 Å². The molecular weight excluding hydrogens is 359 g/mol. The Bertz CT molecular complexity index is 921. The maximum atomic E-state index is 13.3. The number of aryl methyl sites for hydroxylation is 1. The Morgan fingerprint density at radius 1 is 1.62 bits per heavy atom. The maximum absolute atomic E-state index is 13.3. The van der Waals surface area contributed by atoms with Gasteiger partial charge in [-0.25, -0.2) is 4.39 Å². The maximum Gasteiger partial charge on any atom is 0.261 e. The van der Waals surface area contributed by atoms with Gasteiger partial charge in [0.1, 0.15) is 22.8 Å². The Hall–Kier alpha value is -2.56. The summed E-state index contributed by atoms with van der Waals surface area (Å²) in [5.74, 6) is 1.35. The van der Waals surface area contributed by atoms with E-state index in [0.29, 0.717) is 30.6 Å². The largest absolute Gasteiger partial charge is 0.383 e. The van der Waals surface area contributed by atoms with Crippen molar-refractivity contribution in [3.63, 3.8) is 0 Å². The van der Waals surface area contributed by atoms with Gasteiger partial charge in [0.2, 0.25) is 0 Å². The molecule has 1 aromatic carbocycles. The molecule has 1 heterocycles. The van der Waals surface area contributed by atoms with Crippen molar-refractivity contribution in [3.05, 3.63) is 40.3 Å². The molecule has 1 aliphatic rings. The smallest absolute Gasteiger partial charge is 0.261 e. The highest BCUT2D eigenvalue weighted by atomic mass is 35.5. The quantitative estimate of drug-likeness (QED) is 0.718. The topological polar surface area (TPSA) is 93.2 Å². The molecule has 6 nitrogen and oxygen atoms in total. The van der Waals surface area contributed by atoms with Gasteiger partial charge in [-0.2, -0.15) is 5.10 Å². The highest BCUT2D eigenvalue weighted by Crippen LogP contribution is 2.42. The number of hydrogen-bond donors (Lipinski definition) is 3. The minimum absolute atomic E-state index is 0.0999. The number of carbonyl (C=O) groups is 1. The lowest BCUT2D eigenvalue weighted by molar-refractivity contribution is 0.102. The third-order valence-corrected chi connectivity index (χ3v) is 4.96. The van der Waals surface area contributed by atoms with Gasteiger partial charge >= 0.3 is 0 Å². The molecular formula is C18H18ClFN4O2. The van der Waals surface area contributed by atoms with Crippen LogP contribution in [-0.4, -0.2) is 26.4 Å². The number of nitrogens with zero attached hydrogens (tertiary/aromatic N) is 2. The first-order valence-electron chi connectivity index (χ1n) is 8.03. The summed E-state index contributed by atoms with van der Waals surface area (Å²) in [6, 6.07) is 3.88. The first-order valence-corrected chi connectivity index (χ1v) is 8.41. The van der Waals surface area contributed by atoms with E-state index in [4.69, 9.17) is 23.8 Å². The summed E-state index contributed by atoms with van der Waals surface area (Å²) in [5.41, 5.74) is 5.88. The Morgan fingerprint density at radius 2 is 2.35 bits per heavy atom. The molecule has 136 valence electrons. The van der Waals surface area contributed by atoms with Gasteiger partial charge in [-0.15, -0.1) is 6.42 Å². The normalized spacial score (nSPS) is 22.2. The molecule has 2 atom stereocenters. The summed E-state index contributed by atoms with van der Waals surface area (Å²) >= 11 is 5.75. The predicted molar refractivity (Wildman–Crippen MR) is 97.4 cm³/mol. The average molecular weight is 377 g/mol. The zero-order valence-electron chi connectivity index (χ0n) is 14.1. The van der Waals surface area contributed by atoms with Gasteiger partial charge in [-0.05, 0) is 37.5 Å². The third-order valence-electron chi connectivity index (χ3n) is 4.67. The fourth-order valence-corrected chi connectivity index (χ4v) is 3.41. The number of terminal acetylenes is 1. The van der Waals surface area contributed by atoms with Gasteiger partial charge in [0, 0.05) is 18.7 Å². The van der Waals surface area contributed by atoms with Gasteiger partial charge in [-0.1, -0.05) is 17.5 Å². The number of rotatable bonds is 3. The lowest BCUT2D eigenvalue weighted by atomic mass is 9.96. The van der Waals surface area contributed by atoms with E-state index in [0.717, 1.165) is 6.07 Å². The summed E-state index contributed by atoms with van der Waals surface area (Å²) in [6.45, 7) is 0. The van der Waals surface area contributed by atoms with Gasteiger partial charge in [0.25, 0.3) is 5.91 Å². The number of amides is 1. The molecule has 1 aliphatic carbocycles. The average Bonchev–Trinajstić information content (AvgIpc) is 3.13. The van der Waals surface area contributed by atoms with Crippen molar-refractivity contribution < 1.29 is 14.3 Å². The molecule has 8 heteroatoms. The highest BCUT2D eigenvalue weighted by Gasteiger charge is 2.40. The van der Waals surface area contributed by atoms with E-state index in [9.17, 15) is 14.3 Å². The standard InChI is InChI=1S/C18H18ClFN4O2/c1-3-18(26)7-6-10(9-18)15-14(16(21)24(2)23-15)17(25)22-11-4-5-13(20)12(19)8-11/h1,4-5,8,10,26H,6-7,9,21H2,2H3,(H,22,25). The molecule has 0 radical (unpaired) electrons. The van der Waals surface area contributed by atoms with E-state index in [1.54, 1.807) is 7.05 Å². The first kappa shape index (κ1) is 18.2. The molecule has 0 aliphatic heterocycles. The third kappa shape index (κ3) is 3.26. The van der Waals surface area contributed by atoms with Gasteiger partial charge in [-0.3, -0.25) is 9.48 Å². The molecule has 0 bridgehead atoms. The summed E-state index contributed by atoms with van der Waals surface area (Å²) < 4.78 is 14.7. The molecule has 2 aromatic rings. The van der Waals surface area contributed by atoms with Crippen molar-refractivity contribution in [3.8, 4) is 12.3 Å². The Kier molecular flexibility index (Phi) is 4.65. The van der Waals surface area contributed by atoms with Gasteiger partial charge in [0.15, 0.2) is 0 Å². The van der Waals surface area contributed by atoms with Crippen LogP contribution in [0.2, 0.25) is 5.02 Å². The van der Waals surface area contributed by atoms with Gasteiger partial charge < -0.3 is 16.2 Å². The van der Waals surface area contributed by atoms with E-state index in [1.165, 1.54) is 16.8 Å². The number of nitrogens with two attached hydrogens (primary N) is 1. The lowest BCUT2D eigenvalue weighted by Crippen LogP contribution is -2.22. The summed E-state index contributed by atoms with van der Waals surface area (Å²) in [5, 5.41) is 17.2. The minimum Gasteiger partial charge on any atom is -0.383 e. The lowest BCUT2D eigenvalue weighted by Gasteiger charge is -2.15. The number of nitrogens with one attached hydrogen (secondary N) is 1. The number of aliphatic hydroxyl groups is 1. The van der Waals surface area contributed by atoms with Crippen LogP contribution >= 0.6 is 11.6 Å². The second kappa shape index (κ2) is 6.63. The van der Waals surface area contributed by atoms with Crippen LogP contribution in [0, 0.1) is 18.2 Å². The van der Waals surface area contributed by atoms with Gasteiger partial charge in [0.05, 0.1) is 10.7 Å². The van der Waals surface area contributed by atoms with Crippen LogP contribution in [0.15, 0.2) is 18.2 Å². The molecule has 0 saturated heterocycles. The van der Waals surface area contributed by atoms with E-state index in [1.807, 2.05) is 0 Å². The number of nitrogen functional groups attached to an aromatic ring is 1. The molecule has 3 rings (SSSR count). The zero-order valence-corrected chi connectivity index (χ0v) is 14.8. The number of aromatic nitrogens is 2. The van der Waals surface area contributed by atoms with Crippen molar-refractivity contribution >= 4 is 29.0 Å². The number of halogens is 2. The molecule has 4 N–H and O–H groups in total. The summed E-state index contributed by atoms with van der Waals surface area (Å²) in [4.78, 5) is 12.8. The molecule has 0 spiro atoms. The van der Waals surface area contributed by atoms with Crippen molar-refractivity contribution in [1.29, 1.82) is 0 Å². The Morgan fingerprint density at radius 3 is 2.96 bits per heavy atom. The van der Waals surface area contributed by atoms with E-state index in [2.05, 4.69) is 16.3 Å². The number of carbonyl (C=O) groups excluding carboxylic acids is 1. The summed E-state index contributed by atoms with van der Waals surface area (Å²) in [7, 11) is 1.63. The monoisotopic (exact) mass is 376 g/mol. The minimum atomic E-state index is -1.20. The van der Waals surface area contributed by atoms with Crippen LogP contribution < -0.4 is 11.1 Å². The van der Waals surface area contributed by atoms with Crippen molar-refractivity contribution in [1.82, 2.24) is 9.78 Å². The van der Waals surface area contributed by atoms with Crippen molar-refractivity contribution in [2.24, 2.45) is 7.05 Å². The van der Waals surface area contributed by atoms with Crippen LogP contribution in [0.25, 0.3) is 0 Å². The van der Waals surface area contributed by atoms with E-state index >= 15 is 0 Å². The van der Waals surface area contributed by atoms with Crippen LogP contribution in [0.4, 0.5) is 15.9 Å². The van der Waals surface area contributed by atoms with Crippen LogP contribution in [0.1, 0.15) is 41.2 Å². The highest BCUT2D eigenvalue weighted by molar-refractivity contribution is 6.31.